The van der Waals surface area contributed by atoms with Crippen LogP contribution in [0.1, 0.15) is 56.4 Å². The fourth-order valence-corrected chi connectivity index (χ4v) is 4.03. The summed E-state index contributed by atoms with van der Waals surface area (Å²) in [6, 6.07) is 11.5. The van der Waals surface area contributed by atoms with Gasteiger partial charge < -0.3 is 20.5 Å². The zero-order valence-corrected chi connectivity index (χ0v) is 23.1. The fourth-order valence-electron chi connectivity index (χ4n) is 4.03. The normalized spacial score (nSPS) is 12.8. The SMILES string of the molecule is Cc1cc(O)cc(C)c1C[C@@H](C(=O)N[C@H](C)C(=O)NCCCc1ccccc1)N(C)C(=O)OC(C)(C)C. The minimum Gasteiger partial charge on any atom is -0.508 e. The predicted octanol–water partition coefficient (Wildman–Crippen LogP) is 4.04. The van der Waals surface area contributed by atoms with Gasteiger partial charge in [-0.05, 0) is 88.8 Å². The molecule has 3 amide bonds. The van der Waals surface area contributed by atoms with Crippen LogP contribution in [0.15, 0.2) is 42.5 Å². The lowest BCUT2D eigenvalue weighted by molar-refractivity contribution is -0.131. The molecule has 37 heavy (non-hydrogen) atoms. The Bertz CT molecular complexity index is 1060. The summed E-state index contributed by atoms with van der Waals surface area (Å²) in [5.41, 5.74) is 2.91. The molecule has 2 rings (SSSR count). The molecule has 3 N–H and O–H groups in total. The van der Waals surface area contributed by atoms with Crippen molar-refractivity contribution in [1.82, 2.24) is 15.5 Å². The van der Waals surface area contributed by atoms with E-state index < -0.39 is 29.7 Å². The van der Waals surface area contributed by atoms with Gasteiger partial charge in [0.25, 0.3) is 0 Å². The third kappa shape index (κ3) is 9.44. The second-order valence-corrected chi connectivity index (χ2v) is 10.5. The molecule has 2 aromatic carbocycles. The number of benzene rings is 2. The highest BCUT2D eigenvalue weighted by atomic mass is 16.6. The molecule has 0 aliphatic heterocycles. The van der Waals surface area contributed by atoms with E-state index in [1.807, 2.05) is 44.2 Å². The monoisotopic (exact) mass is 511 g/mol. The maximum atomic E-state index is 13.4. The number of amides is 3. The number of rotatable bonds is 10. The Morgan fingerprint density at radius 3 is 2.19 bits per heavy atom. The van der Waals surface area contributed by atoms with E-state index in [9.17, 15) is 19.5 Å². The summed E-state index contributed by atoms with van der Waals surface area (Å²) in [6.07, 6.45) is 1.18. The Morgan fingerprint density at radius 1 is 1.03 bits per heavy atom. The molecule has 202 valence electrons. The molecule has 0 aromatic heterocycles. The molecule has 0 aliphatic rings. The van der Waals surface area contributed by atoms with Crippen molar-refractivity contribution >= 4 is 17.9 Å². The predicted molar refractivity (Wildman–Crippen MR) is 144 cm³/mol. The van der Waals surface area contributed by atoms with Gasteiger partial charge >= 0.3 is 6.09 Å². The lowest BCUT2D eigenvalue weighted by Gasteiger charge is -2.31. The topological polar surface area (TPSA) is 108 Å². The maximum Gasteiger partial charge on any atom is 0.410 e. The molecular weight excluding hydrogens is 470 g/mol. The van der Waals surface area contributed by atoms with E-state index in [-0.39, 0.29) is 18.1 Å². The van der Waals surface area contributed by atoms with Gasteiger partial charge in [0, 0.05) is 20.0 Å². The molecule has 8 heteroatoms. The van der Waals surface area contributed by atoms with Crippen LogP contribution in [-0.4, -0.2) is 59.2 Å². The standard InChI is InChI=1S/C29H41N3O5/c1-19-16-23(33)17-20(2)24(19)18-25(32(7)28(36)37-29(4,5)6)27(35)31-21(3)26(34)30-15-11-14-22-12-9-8-10-13-22/h8-10,12-13,16-17,21,25,33H,11,14-15,18H2,1-7H3,(H,30,34)(H,31,35)/t21-,25+/m1/s1. The number of phenolic OH excluding ortho intramolecular Hbond substituents is 1. The van der Waals surface area contributed by atoms with Crippen LogP contribution in [0.3, 0.4) is 0 Å². The molecule has 2 aromatic rings. The number of ether oxygens (including phenoxy) is 1. The number of carbonyl (C=O) groups is 3. The highest BCUT2D eigenvalue weighted by Gasteiger charge is 2.32. The third-order valence-electron chi connectivity index (χ3n) is 6.07. The number of carbonyl (C=O) groups excluding carboxylic acids is 3. The second-order valence-electron chi connectivity index (χ2n) is 10.5. The van der Waals surface area contributed by atoms with Crippen molar-refractivity contribution in [3.05, 3.63) is 64.7 Å². The van der Waals surface area contributed by atoms with Crippen LogP contribution in [0.2, 0.25) is 0 Å². The van der Waals surface area contributed by atoms with Gasteiger partial charge in [-0.2, -0.15) is 0 Å². The number of hydrogen-bond donors (Lipinski definition) is 3. The summed E-state index contributed by atoms with van der Waals surface area (Å²) in [5.74, 6) is -0.623. The van der Waals surface area contributed by atoms with Crippen molar-refractivity contribution in [2.45, 2.75) is 78.5 Å². The molecule has 2 atom stereocenters. The van der Waals surface area contributed by atoms with Gasteiger partial charge in [0.1, 0.15) is 23.4 Å². The molecule has 0 spiro atoms. The number of phenols is 1. The second kappa shape index (κ2) is 13.1. The van der Waals surface area contributed by atoms with Crippen LogP contribution in [0, 0.1) is 13.8 Å². The Balaban J connectivity index is 2.09. The molecule has 0 unspecified atom stereocenters. The summed E-state index contributed by atoms with van der Waals surface area (Å²) in [4.78, 5) is 40.1. The Kier molecular flexibility index (Phi) is 10.5. The Hall–Kier alpha value is -3.55. The maximum absolute atomic E-state index is 13.4. The number of nitrogens with zero attached hydrogens (tertiary/aromatic N) is 1. The zero-order valence-electron chi connectivity index (χ0n) is 23.1. The highest BCUT2D eigenvalue weighted by molar-refractivity contribution is 5.91. The number of aromatic hydroxyl groups is 1. The largest absolute Gasteiger partial charge is 0.508 e. The van der Waals surface area contributed by atoms with E-state index in [2.05, 4.69) is 10.6 Å². The lowest BCUT2D eigenvalue weighted by atomic mass is 9.95. The van der Waals surface area contributed by atoms with Crippen LogP contribution in [-0.2, 0) is 27.2 Å². The first-order valence-corrected chi connectivity index (χ1v) is 12.7. The lowest BCUT2D eigenvalue weighted by Crippen LogP contribution is -2.54. The summed E-state index contributed by atoms with van der Waals surface area (Å²) >= 11 is 0. The van der Waals surface area contributed by atoms with Crippen LogP contribution in [0.25, 0.3) is 0 Å². The van der Waals surface area contributed by atoms with Crippen molar-refractivity contribution in [3.63, 3.8) is 0 Å². The summed E-state index contributed by atoms with van der Waals surface area (Å²) < 4.78 is 5.49. The number of likely N-dealkylation sites (N-methyl/N-ethyl adjacent to an activating group) is 1. The van der Waals surface area contributed by atoms with Crippen LogP contribution in [0.5, 0.6) is 5.75 Å². The zero-order chi connectivity index (χ0) is 27.8. The summed E-state index contributed by atoms with van der Waals surface area (Å²) in [6.45, 7) is 11.1. The first-order valence-electron chi connectivity index (χ1n) is 12.7. The van der Waals surface area contributed by atoms with E-state index in [1.54, 1.807) is 39.8 Å². The van der Waals surface area contributed by atoms with Gasteiger partial charge in [-0.15, -0.1) is 0 Å². The van der Waals surface area contributed by atoms with E-state index in [0.717, 1.165) is 29.5 Å². The van der Waals surface area contributed by atoms with E-state index in [1.165, 1.54) is 17.5 Å². The molecule has 0 radical (unpaired) electrons. The van der Waals surface area contributed by atoms with Crippen molar-refractivity contribution in [1.29, 1.82) is 0 Å². The van der Waals surface area contributed by atoms with Gasteiger partial charge in [0.2, 0.25) is 11.8 Å². The highest BCUT2D eigenvalue weighted by Crippen LogP contribution is 2.24. The minimum atomic E-state index is -0.926. The van der Waals surface area contributed by atoms with Gasteiger partial charge in [0.05, 0.1) is 0 Å². The number of hydrogen-bond acceptors (Lipinski definition) is 5. The molecule has 8 nitrogen and oxygen atoms in total. The van der Waals surface area contributed by atoms with E-state index >= 15 is 0 Å². The summed E-state index contributed by atoms with van der Waals surface area (Å²) in [5, 5.41) is 15.5. The van der Waals surface area contributed by atoms with Gasteiger partial charge in [-0.3, -0.25) is 14.5 Å². The Morgan fingerprint density at radius 2 is 1.62 bits per heavy atom. The van der Waals surface area contributed by atoms with Crippen LogP contribution in [0.4, 0.5) is 4.79 Å². The first kappa shape index (κ1) is 29.7. The van der Waals surface area contributed by atoms with Crippen LogP contribution >= 0.6 is 0 Å². The van der Waals surface area contributed by atoms with Gasteiger partial charge in [-0.1, -0.05) is 30.3 Å². The molecule has 0 saturated heterocycles. The van der Waals surface area contributed by atoms with Crippen molar-refractivity contribution in [2.75, 3.05) is 13.6 Å². The van der Waals surface area contributed by atoms with E-state index in [0.29, 0.717) is 6.54 Å². The van der Waals surface area contributed by atoms with Gasteiger partial charge in [0.15, 0.2) is 0 Å². The van der Waals surface area contributed by atoms with Crippen molar-refractivity contribution in [3.8, 4) is 5.75 Å². The quantitative estimate of drug-likeness (QED) is 0.417. The molecular formula is C29H41N3O5. The number of nitrogens with one attached hydrogen (secondary N) is 2. The third-order valence-corrected chi connectivity index (χ3v) is 6.07. The molecule has 0 saturated carbocycles. The van der Waals surface area contributed by atoms with Crippen molar-refractivity contribution < 1.29 is 24.2 Å². The Labute approximate surface area is 220 Å². The molecule has 0 bridgehead atoms. The molecule has 0 aliphatic carbocycles. The van der Waals surface area contributed by atoms with Crippen LogP contribution < -0.4 is 10.6 Å². The van der Waals surface area contributed by atoms with Gasteiger partial charge in [-0.25, -0.2) is 4.79 Å². The smallest absolute Gasteiger partial charge is 0.410 e. The average Bonchev–Trinajstić information content (AvgIpc) is 2.80. The average molecular weight is 512 g/mol. The molecule has 0 heterocycles. The fraction of sp³-hybridized carbons (Fsp3) is 0.483. The molecule has 0 fully saturated rings. The van der Waals surface area contributed by atoms with E-state index in [4.69, 9.17) is 4.74 Å². The first-order chi connectivity index (χ1) is 17.3. The van der Waals surface area contributed by atoms with Crippen molar-refractivity contribution in [2.24, 2.45) is 0 Å². The minimum absolute atomic E-state index is 0.137. The summed E-state index contributed by atoms with van der Waals surface area (Å²) in [7, 11) is 1.51. The number of aryl methyl sites for hydroxylation is 3.